The number of nitrogens with zero attached hydrogens (tertiary/aromatic N) is 3. The molecule has 7 nitrogen and oxygen atoms in total. The van der Waals surface area contributed by atoms with Crippen LogP contribution in [0.4, 0.5) is 0 Å². The van der Waals surface area contributed by atoms with Crippen LogP contribution in [0.25, 0.3) is 0 Å². The van der Waals surface area contributed by atoms with Crippen molar-refractivity contribution in [2.45, 2.75) is 46.1 Å². The number of nitrogens with two attached hydrogens (primary N) is 1. The van der Waals surface area contributed by atoms with E-state index in [9.17, 15) is 4.79 Å². The van der Waals surface area contributed by atoms with Crippen molar-refractivity contribution in [3.05, 3.63) is 18.0 Å². The Labute approximate surface area is 125 Å². The molecule has 1 aromatic rings. The highest BCUT2D eigenvalue weighted by molar-refractivity contribution is 6.06. The van der Waals surface area contributed by atoms with Gasteiger partial charge in [-0.15, -0.1) is 0 Å². The first kappa shape index (κ1) is 17.0. The van der Waals surface area contributed by atoms with Crippen molar-refractivity contribution in [1.82, 2.24) is 15.1 Å². The molecule has 1 amide bonds. The van der Waals surface area contributed by atoms with Crippen molar-refractivity contribution in [2.75, 3.05) is 0 Å². The number of nitrogens with one attached hydrogen (secondary N) is 1. The van der Waals surface area contributed by atoms with Crippen LogP contribution in [0.2, 0.25) is 0 Å². The topological polar surface area (TPSA) is 106 Å². The molecule has 0 atom stereocenters. The number of amidine groups is 1. The Kier molecular flexibility index (Phi) is 6.20. The van der Waals surface area contributed by atoms with Crippen LogP contribution in [-0.2, 0) is 18.4 Å². The van der Waals surface area contributed by atoms with Gasteiger partial charge in [-0.3, -0.25) is 9.48 Å². The van der Waals surface area contributed by atoms with Crippen molar-refractivity contribution in [2.24, 2.45) is 23.4 Å². The standard InChI is InChI=1S/C14H25N5O2/c1-4-7-14(8-5-2,12(15)18-21)13(20)16-10-11-6-9-17-19(11)3/h6,9,21H,4-5,7-8,10H2,1-3H3,(H2,15,18)(H,16,20). The number of hydrogen-bond donors (Lipinski definition) is 3. The molecule has 0 unspecified atom stereocenters. The molecule has 0 aliphatic carbocycles. The largest absolute Gasteiger partial charge is 0.409 e. The van der Waals surface area contributed by atoms with Gasteiger partial charge in [0.05, 0.1) is 12.2 Å². The maximum atomic E-state index is 12.6. The van der Waals surface area contributed by atoms with E-state index in [4.69, 9.17) is 10.9 Å². The van der Waals surface area contributed by atoms with Gasteiger partial charge in [-0.25, -0.2) is 0 Å². The molecule has 0 saturated heterocycles. The maximum Gasteiger partial charge on any atom is 0.234 e. The number of aromatic nitrogens is 2. The highest BCUT2D eigenvalue weighted by Crippen LogP contribution is 2.30. The smallest absolute Gasteiger partial charge is 0.234 e. The van der Waals surface area contributed by atoms with Crippen LogP contribution in [0.5, 0.6) is 0 Å². The monoisotopic (exact) mass is 295 g/mol. The van der Waals surface area contributed by atoms with Crippen LogP contribution < -0.4 is 11.1 Å². The van der Waals surface area contributed by atoms with E-state index in [1.807, 2.05) is 27.0 Å². The summed E-state index contributed by atoms with van der Waals surface area (Å²) in [4.78, 5) is 12.6. The molecule has 0 bridgehead atoms. The number of oxime groups is 1. The Morgan fingerprint density at radius 3 is 2.52 bits per heavy atom. The van der Waals surface area contributed by atoms with E-state index in [-0.39, 0.29) is 11.7 Å². The zero-order chi connectivity index (χ0) is 15.9. The number of carbonyl (C=O) groups is 1. The molecule has 1 rings (SSSR count). The highest BCUT2D eigenvalue weighted by atomic mass is 16.4. The third kappa shape index (κ3) is 3.74. The van der Waals surface area contributed by atoms with E-state index in [2.05, 4.69) is 15.6 Å². The van der Waals surface area contributed by atoms with Gasteiger partial charge in [0.15, 0.2) is 5.84 Å². The first-order chi connectivity index (χ1) is 10.0. The van der Waals surface area contributed by atoms with Crippen LogP contribution in [0.3, 0.4) is 0 Å². The molecule has 1 heterocycles. The summed E-state index contributed by atoms with van der Waals surface area (Å²) in [5.41, 5.74) is 5.77. The third-order valence-corrected chi connectivity index (χ3v) is 3.74. The number of carbonyl (C=O) groups excluding carboxylic acids is 1. The SMILES string of the molecule is CCCC(CCC)(C(=O)NCc1ccnn1C)C(N)=NO. The summed E-state index contributed by atoms with van der Waals surface area (Å²) in [6.45, 7) is 4.32. The Balaban J connectivity index is 2.91. The predicted molar refractivity (Wildman–Crippen MR) is 80.7 cm³/mol. The van der Waals surface area contributed by atoms with Gasteiger partial charge < -0.3 is 16.3 Å². The number of hydrogen-bond acceptors (Lipinski definition) is 4. The normalized spacial score (nSPS) is 12.4. The summed E-state index contributed by atoms with van der Waals surface area (Å²) >= 11 is 0. The number of rotatable bonds is 8. The van der Waals surface area contributed by atoms with Gasteiger partial charge in [-0.2, -0.15) is 5.10 Å². The van der Waals surface area contributed by atoms with Crippen LogP contribution in [0, 0.1) is 5.41 Å². The van der Waals surface area contributed by atoms with Crippen LogP contribution in [0.1, 0.15) is 45.2 Å². The molecule has 21 heavy (non-hydrogen) atoms. The molecule has 0 saturated carbocycles. The fourth-order valence-electron chi connectivity index (χ4n) is 2.59. The lowest BCUT2D eigenvalue weighted by atomic mass is 9.77. The minimum atomic E-state index is -0.948. The van der Waals surface area contributed by atoms with E-state index in [0.717, 1.165) is 18.5 Å². The number of aryl methyl sites for hydroxylation is 1. The first-order valence-corrected chi connectivity index (χ1v) is 7.25. The minimum Gasteiger partial charge on any atom is -0.409 e. The van der Waals surface area contributed by atoms with Gasteiger partial charge in [0.25, 0.3) is 0 Å². The van der Waals surface area contributed by atoms with Gasteiger partial charge in [0.2, 0.25) is 5.91 Å². The summed E-state index contributed by atoms with van der Waals surface area (Å²) in [6, 6.07) is 1.84. The molecular formula is C14H25N5O2. The lowest BCUT2D eigenvalue weighted by molar-refractivity contribution is -0.128. The van der Waals surface area contributed by atoms with Crippen LogP contribution in [-0.4, -0.2) is 26.7 Å². The third-order valence-electron chi connectivity index (χ3n) is 3.74. The second kappa shape index (κ2) is 7.66. The molecule has 0 aromatic carbocycles. The summed E-state index contributed by atoms with van der Waals surface area (Å²) in [6.07, 6.45) is 4.32. The fraction of sp³-hybridized carbons (Fsp3) is 0.643. The summed E-state index contributed by atoms with van der Waals surface area (Å²) in [7, 11) is 1.82. The molecule has 0 spiro atoms. The van der Waals surface area contributed by atoms with Crippen molar-refractivity contribution >= 4 is 11.7 Å². The lowest BCUT2D eigenvalue weighted by Crippen LogP contribution is -2.49. The van der Waals surface area contributed by atoms with E-state index in [1.54, 1.807) is 10.9 Å². The Morgan fingerprint density at radius 1 is 1.48 bits per heavy atom. The van der Waals surface area contributed by atoms with Crippen molar-refractivity contribution in [1.29, 1.82) is 0 Å². The highest BCUT2D eigenvalue weighted by Gasteiger charge is 2.41. The second-order valence-corrected chi connectivity index (χ2v) is 5.20. The molecule has 0 aliphatic rings. The van der Waals surface area contributed by atoms with Crippen LogP contribution in [0.15, 0.2) is 17.4 Å². The summed E-state index contributed by atoms with van der Waals surface area (Å²) < 4.78 is 1.70. The minimum absolute atomic E-state index is 0.0197. The van der Waals surface area contributed by atoms with E-state index >= 15 is 0 Å². The van der Waals surface area contributed by atoms with Gasteiger partial charge in [-0.1, -0.05) is 31.8 Å². The molecule has 0 aliphatic heterocycles. The zero-order valence-electron chi connectivity index (χ0n) is 13.0. The Bertz CT molecular complexity index is 489. The molecular weight excluding hydrogens is 270 g/mol. The van der Waals surface area contributed by atoms with Gasteiger partial charge in [0, 0.05) is 13.2 Å². The van der Waals surface area contributed by atoms with Gasteiger partial charge >= 0.3 is 0 Å². The van der Waals surface area contributed by atoms with Gasteiger partial charge in [-0.05, 0) is 18.9 Å². The summed E-state index contributed by atoms with van der Waals surface area (Å²) in [5.74, 6) is -0.226. The fourth-order valence-corrected chi connectivity index (χ4v) is 2.59. The van der Waals surface area contributed by atoms with E-state index in [1.165, 1.54) is 0 Å². The van der Waals surface area contributed by atoms with Crippen molar-refractivity contribution in [3.8, 4) is 0 Å². The zero-order valence-corrected chi connectivity index (χ0v) is 13.0. The predicted octanol–water partition coefficient (Wildman–Crippen LogP) is 1.37. The van der Waals surface area contributed by atoms with Crippen LogP contribution >= 0.6 is 0 Å². The van der Waals surface area contributed by atoms with E-state index < -0.39 is 5.41 Å². The lowest BCUT2D eigenvalue weighted by Gasteiger charge is -2.30. The Hall–Kier alpha value is -2.05. The average molecular weight is 295 g/mol. The number of amides is 1. The molecule has 1 aromatic heterocycles. The molecule has 7 heteroatoms. The second-order valence-electron chi connectivity index (χ2n) is 5.20. The van der Waals surface area contributed by atoms with Crippen molar-refractivity contribution < 1.29 is 10.0 Å². The summed E-state index contributed by atoms with van der Waals surface area (Å²) in [5, 5.41) is 19.1. The first-order valence-electron chi connectivity index (χ1n) is 7.25. The molecule has 0 radical (unpaired) electrons. The quantitative estimate of drug-likeness (QED) is 0.291. The van der Waals surface area contributed by atoms with Gasteiger partial charge in [0.1, 0.15) is 5.41 Å². The molecule has 4 N–H and O–H groups in total. The van der Waals surface area contributed by atoms with Crippen molar-refractivity contribution in [3.63, 3.8) is 0 Å². The molecule has 118 valence electrons. The molecule has 0 fully saturated rings. The van der Waals surface area contributed by atoms with E-state index in [0.29, 0.717) is 19.4 Å². The average Bonchev–Trinajstić information content (AvgIpc) is 2.88. The Morgan fingerprint density at radius 2 is 2.10 bits per heavy atom. The maximum absolute atomic E-state index is 12.6.